The van der Waals surface area contributed by atoms with Gasteiger partial charge in [0.2, 0.25) is 0 Å². The topological polar surface area (TPSA) is 145 Å². The van der Waals surface area contributed by atoms with Crippen LogP contribution in [0.2, 0.25) is 0 Å². The molecule has 2 unspecified atom stereocenters. The minimum absolute atomic E-state index is 0.158. The van der Waals surface area contributed by atoms with Crippen molar-refractivity contribution in [3.63, 3.8) is 0 Å². The second-order valence-corrected chi connectivity index (χ2v) is 15.9. The molecule has 2 aliphatic carbocycles. The fourth-order valence-electron chi connectivity index (χ4n) is 8.29. The van der Waals surface area contributed by atoms with E-state index < -0.39 is 29.7 Å². The van der Waals surface area contributed by atoms with E-state index >= 15 is 0 Å². The number of carbonyl (C=O) groups excluding carboxylic acids is 2. The summed E-state index contributed by atoms with van der Waals surface area (Å²) in [5.41, 5.74) is 14.4. The molecule has 2 fully saturated rings. The molecule has 3 aromatic rings. The van der Waals surface area contributed by atoms with Gasteiger partial charge in [0, 0.05) is 11.4 Å². The number of ether oxygens (including phenoxy) is 2. The predicted molar refractivity (Wildman–Crippen MR) is 223 cm³/mol. The molecule has 296 valence electrons. The first kappa shape index (κ1) is 41.8. The van der Waals surface area contributed by atoms with Crippen LogP contribution in [0.1, 0.15) is 114 Å². The molecule has 0 saturated heterocycles. The summed E-state index contributed by atoms with van der Waals surface area (Å²) in [6.45, 7) is 5.91. The Kier molecular flexibility index (Phi) is 16.0. The van der Waals surface area contributed by atoms with Crippen LogP contribution in [0.25, 0.3) is 12.2 Å². The van der Waals surface area contributed by atoms with Gasteiger partial charge in [0.05, 0.1) is 19.1 Å². The Hall–Kier alpha value is -4.40. The molecule has 55 heavy (non-hydrogen) atoms. The number of aliphatic hydroxyl groups is 2. The van der Waals surface area contributed by atoms with Crippen molar-refractivity contribution in [2.24, 2.45) is 23.7 Å². The molecule has 0 aliphatic heterocycles. The second kappa shape index (κ2) is 21.1. The molecule has 2 aliphatic rings. The Morgan fingerprint density at radius 2 is 1.04 bits per heavy atom. The van der Waals surface area contributed by atoms with E-state index in [9.17, 15) is 19.8 Å². The molecule has 0 spiro atoms. The average molecular weight is 751 g/mol. The maximum absolute atomic E-state index is 13.4. The lowest BCUT2D eigenvalue weighted by Gasteiger charge is -2.28. The fraction of sp³-hybridized carbons (Fsp3) is 0.489. The van der Waals surface area contributed by atoms with Crippen molar-refractivity contribution in [1.82, 2.24) is 0 Å². The summed E-state index contributed by atoms with van der Waals surface area (Å²) in [4.78, 5) is 26.7. The molecule has 2 saturated carbocycles. The van der Waals surface area contributed by atoms with Crippen LogP contribution in [0.4, 0.5) is 11.4 Å². The number of rotatable bonds is 19. The van der Waals surface area contributed by atoms with Gasteiger partial charge in [0.1, 0.15) is 23.7 Å². The van der Waals surface area contributed by atoms with E-state index in [1.54, 1.807) is 18.2 Å². The summed E-state index contributed by atoms with van der Waals surface area (Å²) in [5, 5.41) is 22.7. The predicted octanol–water partition coefficient (Wildman–Crippen LogP) is 9.19. The third kappa shape index (κ3) is 12.6. The van der Waals surface area contributed by atoms with Crippen LogP contribution in [0.3, 0.4) is 0 Å². The van der Waals surface area contributed by atoms with Crippen molar-refractivity contribution in [2.45, 2.75) is 109 Å². The Morgan fingerprint density at radius 3 is 1.42 bits per heavy atom. The van der Waals surface area contributed by atoms with Crippen molar-refractivity contribution >= 4 is 35.1 Å². The van der Waals surface area contributed by atoms with Crippen molar-refractivity contribution in [2.75, 3.05) is 24.7 Å². The van der Waals surface area contributed by atoms with Gasteiger partial charge in [-0.15, -0.1) is 0 Å². The zero-order chi connectivity index (χ0) is 39.2. The molecule has 3 aromatic carbocycles. The number of benzene rings is 3. The monoisotopic (exact) mass is 750 g/mol. The van der Waals surface area contributed by atoms with Gasteiger partial charge in [0.25, 0.3) is 0 Å². The van der Waals surface area contributed by atoms with Crippen molar-refractivity contribution in [1.29, 1.82) is 0 Å². The normalized spacial score (nSPS) is 22.0. The first-order valence-corrected chi connectivity index (χ1v) is 20.5. The van der Waals surface area contributed by atoms with Crippen LogP contribution < -0.4 is 20.9 Å². The van der Waals surface area contributed by atoms with E-state index in [1.807, 2.05) is 48.5 Å². The molecule has 5 rings (SSSR count). The van der Waals surface area contributed by atoms with Crippen LogP contribution in [0.15, 0.2) is 78.9 Å². The smallest absolute Gasteiger partial charge is 0.184 e. The van der Waals surface area contributed by atoms with E-state index in [0.29, 0.717) is 30.7 Å². The molecule has 0 bridgehead atoms. The van der Waals surface area contributed by atoms with Crippen LogP contribution in [-0.4, -0.2) is 47.2 Å². The SMILES string of the molecule is CCCC1CCC(COc2ccc(/C=C/C(=O)C(O)C(c3ccc(N)cc3N)C(O)C(=O)/C=C/c3ccc(OCC4CCC(CCC)CC4)cc3)cc2)CC1. The van der Waals surface area contributed by atoms with Crippen molar-refractivity contribution < 1.29 is 29.3 Å². The lowest BCUT2D eigenvalue weighted by molar-refractivity contribution is -0.130. The van der Waals surface area contributed by atoms with Crippen LogP contribution in [0, 0.1) is 23.7 Å². The first-order valence-electron chi connectivity index (χ1n) is 20.5. The maximum Gasteiger partial charge on any atom is 0.184 e. The molecule has 0 radical (unpaired) electrons. The van der Waals surface area contributed by atoms with Gasteiger partial charge in [-0.05, 0) is 115 Å². The van der Waals surface area contributed by atoms with Gasteiger partial charge in [-0.1, -0.05) is 108 Å². The van der Waals surface area contributed by atoms with E-state index in [1.165, 1.54) is 101 Å². The van der Waals surface area contributed by atoms with Crippen LogP contribution in [-0.2, 0) is 9.59 Å². The Morgan fingerprint density at radius 1 is 0.636 bits per heavy atom. The third-order valence-electron chi connectivity index (χ3n) is 11.7. The molecular formula is C47H62N2O6. The average Bonchev–Trinajstić information content (AvgIpc) is 3.20. The number of carbonyl (C=O) groups is 2. The number of ketones is 2. The maximum atomic E-state index is 13.4. The zero-order valence-corrected chi connectivity index (χ0v) is 32.8. The number of hydrogen-bond acceptors (Lipinski definition) is 8. The first-order chi connectivity index (χ1) is 26.6. The Balaban J connectivity index is 1.17. The van der Waals surface area contributed by atoms with Gasteiger partial charge >= 0.3 is 0 Å². The highest BCUT2D eigenvalue weighted by molar-refractivity contribution is 6.01. The van der Waals surface area contributed by atoms with Gasteiger partial charge in [-0.25, -0.2) is 0 Å². The molecule has 0 amide bonds. The molecular weight excluding hydrogens is 689 g/mol. The number of hydrogen-bond donors (Lipinski definition) is 4. The summed E-state index contributed by atoms with van der Waals surface area (Å²) in [6.07, 6.45) is 17.3. The van der Waals surface area contributed by atoms with Crippen molar-refractivity contribution in [3.8, 4) is 11.5 Å². The van der Waals surface area contributed by atoms with E-state index in [2.05, 4.69) is 13.8 Å². The largest absolute Gasteiger partial charge is 0.493 e. The highest BCUT2D eigenvalue weighted by atomic mass is 16.5. The van der Waals surface area contributed by atoms with Gasteiger partial charge in [-0.2, -0.15) is 0 Å². The number of anilines is 2. The number of nitrogens with two attached hydrogens (primary N) is 2. The summed E-state index contributed by atoms with van der Waals surface area (Å²) in [7, 11) is 0. The fourth-order valence-corrected chi connectivity index (χ4v) is 8.29. The van der Waals surface area contributed by atoms with Crippen LogP contribution in [0.5, 0.6) is 11.5 Å². The lowest BCUT2D eigenvalue weighted by Crippen LogP contribution is -2.39. The molecule has 8 heteroatoms. The Labute approximate surface area is 328 Å². The highest BCUT2D eigenvalue weighted by Crippen LogP contribution is 2.34. The number of nitrogen functional groups attached to an aromatic ring is 2. The standard InChI is InChI=1S/C47H62N2O6/c1-3-5-32-7-11-36(12-8-32)30-54-39-22-15-34(16-23-39)19-27-43(50)46(52)45(41-26-21-38(48)29-42(41)49)47(53)44(51)28-20-35-17-24-40(25-18-35)55-31-37-13-9-33(6-4-2)10-14-37/h15-29,32-33,36-37,45-47,52-53H,3-14,30-31,48-49H2,1-2H3/b27-19+,28-20+. The van der Waals surface area contributed by atoms with E-state index in [4.69, 9.17) is 20.9 Å². The molecule has 6 N–H and O–H groups in total. The second-order valence-electron chi connectivity index (χ2n) is 15.9. The quantitative estimate of drug-likeness (QED) is 0.0701. The minimum Gasteiger partial charge on any atom is -0.493 e. The highest BCUT2D eigenvalue weighted by Gasteiger charge is 2.36. The van der Waals surface area contributed by atoms with Gasteiger partial charge < -0.3 is 31.2 Å². The molecule has 0 heterocycles. The molecule has 0 aromatic heterocycles. The summed E-state index contributed by atoms with van der Waals surface area (Å²) in [6, 6.07) is 19.4. The van der Waals surface area contributed by atoms with Gasteiger partial charge in [-0.3, -0.25) is 9.59 Å². The molecule has 2 atom stereocenters. The Bertz CT molecular complexity index is 1600. The summed E-state index contributed by atoms with van der Waals surface area (Å²) < 4.78 is 12.2. The minimum atomic E-state index is -1.76. The van der Waals surface area contributed by atoms with Gasteiger partial charge in [0.15, 0.2) is 11.6 Å². The van der Waals surface area contributed by atoms with E-state index in [-0.39, 0.29) is 11.3 Å². The van der Waals surface area contributed by atoms with Crippen LogP contribution >= 0.6 is 0 Å². The number of aliphatic hydroxyl groups excluding tert-OH is 2. The van der Waals surface area contributed by atoms with Crippen molar-refractivity contribution in [3.05, 3.63) is 95.6 Å². The van der Waals surface area contributed by atoms with E-state index in [0.717, 1.165) is 34.5 Å². The lowest BCUT2D eigenvalue weighted by atomic mass is 9.80. The summed E-state index contributed by atoms with van der Waals surface area (Å²) in [5.74, 6) is 1.72. The third-order valence-corrected chi connectivity index (χ3v) is 11.7. The summed E-state index contributed by atoms with van der Waals surface area (Å²) >= 11 is 0. The zero-order valence-electron chi connectivity index (χ0n) is 32.8. The molecule has 8 nitrogen and oxygen atoms in total.